The molecule has 0 aromatic heterocycles. The molecule has 4 heteroatoms. The Balaban J connectivity index is 2.77. The number of nitrogens with one attached hydrogen (secondary N) is 1. The van der Waals surface area contributed by atoms with Gasteiger partial charge in [-0.1, -0.05) is 51.1 Å². The molecule has 4 nitrogen and oxygen atoms in total. The zero-order chi connectivity index (χ0) is 14.5. The Labute approximate surface area is 113 Å². The van der Waals surface area contributed by atoms with E-state index in [-0.39, 0.29) is 30.2 Å². The molecule has 0 saturated carbocycles. The van der Waals surface area contributed by atoms with Crippen LogP contribution in [0.1, 0.15) is 45.2 Å². The Kier molecular flexibility index (Phi) is 5.10. The van der Waals surface area contributed by atoms with Gasteiger partial charge in [-0.25, -0.2) is 0 Å². The Morgan fingerprint density at radius 2 is 1.74 bits per heavy atom. The van der Waals surface area contributed by atoms with E-state index in [9.17, 15) is 9.59 Å². The van der Waals surface area contributed by atoms with Crippen LogP contribution in [0.3, 0.4) is 0 Å². The predicted molar refractivity (Wildman–Crippen MR) is 73.7 cm³/mol. The Morgan fingerprint density at radius 1 is 1.16 bits per heavy atom. The lowest BCUT2D eigenvalue weighted by Gasteiger charge is -2.32. The number of carboxylic acid groups (broad SMARTS) is 1. The summed E-state index contributed by atoms with van der Waals surface area (Å²) in [4.78, 5) is 22.3. The maximum Gasteiger partial charge on any atom is 0.303 e. The van der Waals surface area contributed by atoms with Crippen LogP contribution in [0, 0.1) is 5.41 Å². The molecule has 0 radical (unpaired) electrons. The van der Waals surface area contributed by atoms with Crippen molar-refractivity contribution in [3.8, 4) is 0 Å². The van der Waals surface area contributed by atoms with E-state index in [0.29, 0.717) is 0 Å². The summed E-state index contributed by atoms with van der Waals surface area (Å²) in [5, 5.41) is 11.5. The fraction of sp³-hybridized carbons (Fsp3) is 0.467. The largest absolute Gasteiger partial charge is 0.481 e. The van der Waals surface area contributed by atoms with Crippen molar-refractivity contribution < 1.29 is 14.7 Å². The van der Waals surface area contributed by atoms with Gasteiger partial charge in [-0.2, -0.15) is 0 Å². The monoisotopic (exact) mass is 263 g/mol. The Bertz CT molecular complexity index is 434. The SMILES string of the molecule is CC(C)(C)C(NC(=O)CCC(=O)O)c1ccccc1. The van der Waals surface area contributed by atoms with Gasteiger partial charge in [0, 0.05) is 6.42 Å². The minimum atomic E-state index is -0.956. The number of amides is 1. The maximum atomic E-state index is 11.8. The highest BCUT2D eigenvalue weighted by atomic mass is 16.4. The zero-order valence-corrected chi connectivity index (χ0v) is 11.6. The van der Waals surface area contributed by atoms with E-state index >= 15 is 0 Å². The molecule has 1 aromatic rings. The third-order valence-corrected chi connectivity index (χ3v) is 2.87. The second kappa shape index (κ2) is 6.36. The van der Waals surface area contributed by atoms with Gasteiger partial charge < -0.3 is 10.4 Å². The topological polar surface area (TPSA) is 66.4 Å². The highest BCUT2D eigenvalue weighted by molar-refractivity contribution is 5.81. The highest BCUT2D eigenvalue weighted by Gasteiger charge is 2.27. The molecule has 0 fully saturated rings. The molecule has 1 unspecified atom stereocenters. The number of rotatable bonds is 5. The van der Waals surface area contributed by atoms with Crippen LogP contribution in [0.25, 0.3) is 0 Å². The zero-order valence-electron chi connectivity index (χ0n) is 11.6. The molecule has 0 saturated heterocycles. The van der Waals surface area contributed by atoms with Crippen LogP contribution in [0.4, 0.5) is 0 Å². The van der Waals surface area contributed by atoms with Crippen LogP contribution >= 0.6 is 0 Å². The first-order valence-electron chi connectivity index (χ1n) is 6.37. The average molecular weight is 263 g/mol. The fourth-order valence-corrected chi connectivity index (χ4v) is 1.90. The standard InChI is InChI=1S/C15H21NO3/c1-15(2,3)14(11-7-5-4-6-8-11)16-12(17)9-10-13(18)19/h4-8,14H,9-10H2,1-3H3,(H,16,17)(H,18,19). The van der Waals surface area contributed by atoms with Crippen molar-refractivity contribution in [2.45, 2.75) is 39.7 Å². The maximum absolute atomic E-state index is 11.8. The van der Waals surface area contributed by atoms with Crippen LogP contribution in [0.15, 0.2) is 30.3 Å². The lowest BCUT2D eigenvalue weighted by molar-refractivity contribution is -0.139. The Hall–Kier alpha value is -1.84. The quantitative estimate of drug-likeness (QED) is 0.858. The number of hydrogen-bond donors (Lipinski definition) is 2. The average Bonchev–Trinajstić information content (AvgIpc) is 2.33. The van der Waals surface area contributed by atoms with Gasteiger partial charge >= 0.3 is 5.97 Å². The van der Waals surface area contributed by atoms with Gasteiger partial charge in [-0.15, -0.1) is 0 Å². The predicted octanol–water partition coefficient (Wildman–Crippen LogP) is 2.75. The van der Waals surface area contributed by atoms with Gasteiger partial charge in [0.2, 0.25) is 5.91 Å². The van der Waals surface area contributed by atoms with Gasteiger partial charge in [0.1, 0.15) is 0 Å². The molecular weight excluding hydrogens is 242 g/mol. The molecule has 0 heterocycles. The van der Waals surface area contributed by atoms with Gasteiger partial charge in [-0.3, -0.25) is 9.59 Å². The third-order valence-electron chi connectivity index (χ3n) is 2.87. The van der Waals surface area contributed by atoms with Crippen LogP contribution in [0.5, 0.6) is 0 Å². The highest BCUT2D eigenvalue weighted by Crippen LogP contribution is 2.32. The van der Waals surface area contributed by atoms with E-state index in [2.05, 4.69) is 5.32 Å². The molecule has 0 aliphatic carbocycles. The van der Waals surface area contributed by atoms with Crippen molar-refractivity contribution in [2.24, 2.45) is 5.41 Å². The van der Waals surface area contributed by atoms with Crippen molar-refractivity contribution in [1.82, 2.24) is 5.32 Å². The summed E-state index contributed by atoms with van der Waals surface area (Å²) in [6.07, 6.45) is -0.133. The van der Waals surface area contributed by atoms with E-state index in [0.717, 1.165) is 5.56 Å². The summed E-state index contributed by atoms with van der Waals surface area (Å²) < 4.78 is 0. The molecule has 1 amide bonds. The van der Waals surface area contributed by atoms with Crippen LogP contribution in [-0.4, -0.2) is 17.0 Å². The van der Waals surface area contributed by atoms with Crippen molar-refractivity contribution in [3.63, 3.8) is 0 Å². The third kappa shape index (κ3) is 5.12. The smallest absolute Gasteiger partial charge is 0.303 e. The van der Waals surface area contributed by atoms with Crippen molar-refractivity contribution in [3.05, 3.63) is 35.9 Å². The van der Waals surface area contributed by atoms with Crippen LogP contribution in [-0.2, 0) is 9.59 Å². The van der Waals surface area contributed by atoms with Crippen LogP contribution < -0.4 is 5.32 Å². The summed E-state index contributed by atoms with van der Waals surface area (Å²) in [6.45, 7) is 6.13. The number of carboxylic acids is 1. The number of carbonyl (C=O) groups excluding carboxylic acids is 1. The second-order valence-corrected chi connectivity index (χ2v) is 5.67. The molecule has 2 N–H and O–H groups in total. The minimum absolute atomic E-state index is 0.00868. The minimum Gasteiger partial charge on any atom is -0.481 e. The summed E-state index contributed by atoms with van der Waals surface area (Å²) in [5.41, 5.74) is 0.888. The fourth-order valence-electron chi connectivity index (χ4n) is 1.90. The molecule has 0 spiro atoms. The summed E-state index contributed by atoms with van der Waals surface area (Å²) >= 11 is 0. The van der Waals surface area contributed by atoms with Crippen molar-refractivity contribution >= 4 is 11.9 Å². The van der Waals surface area contributed by atoms with Crippen molar-refractivity contribution in [2.75, 3.05) is 0 Å². The van der Waals surface area contributed by atoms with E-state index in [1.807, 2.05) is 51.1 Å². The lowest BCUT2D eigenvalue weighted by atomic mass is 9.82. The van der Waals surface area contributed by atoms with Gasteiger partial charge in [0.05, 0.1) is 12.5 Å². The molecule has 1 aromatic carbocycles. The molecule has 1 atom stereocenters. The van der Waals surface area contributed by atoms with E-state index in [4.69, 9.17) is 5.11 Å². The molecule has 1 rings (SSSR count). The van der Waals surface area contributed by atoms with Gasteiger partial charge in [0.25, 0.3) is 0 Å². The summed E-state index contributed by atoms with van der Waals surface area (Å²) in [6, 6.07) is 9.58. The number of carbonyl (C=O) groups is 2. The van der Waals surface area contributed by atoms with Crippen molar-refractivity contribution in [1.29, 1.82) is 0 Å². The van der Waals surface area contributed by atoms with Crippen LogP contribution in [0.2, 0.25) is 0 Å². The molecule has 0 aliphatic heterocycles. The number of aliphatic carboxylic acids is 1. The first kappa shape index (κ1) is 15.2. The van der Waals surface area contributed by atoms with E-state index < -0.39 is 5.97 Å². The molecule has 0 bridgehead atoms. The first-order chi connectivity index (χ1) is 8.80. The number of benzene rings is 1. The number of hydrogen-bond acceptors (Lipinski definition) is 2. The molecule has 104 valence electrons. The molecular formula is C15H21NO3. The van der Waals surface area contributed by atoms with E-state index in [1.165, 1.54) is 0 Å². The molecule has 0 aliphatic rings. The lowest BCUT2D eigenvalue weighted by Crippen LogP contribution is -2.36. The summed E-state index contributed by atoms with van der Waals surface area (Å²) in [7, 11) is 0. The second-order valence-electron chi connectivity index (χ2n) is 5.67. The van der Waals surface area contributed by atoms with E-state index in [1.54, 1.807) is 0 Å². The normalized spacial score (nSPS) is 12.8. The van der Waals surface area contributed by atoms with Gasteiger partial charge in [-0.05, 0) is 11.0 Å². The first-order valence-corrected chi connectivity index (χ1v) is 6.37. The van der Waals surface area contributed by atoms with Gasteiger partial charge in [0.15, 0.2) is 0 Å². The Morgan fingerprint density at radius 3 is 2.21 bits per heavy atom. The summed E-state index contributed by atoms with van der Waals surface area (Å²) in [5.74, 6) is -1.19. The molecule has 19 heavy (non-hydrogen) atoms.